The zero-order valence-electron chi connectivity index (χ0n) is 16.8. The number of unbranched alkanes of at least 4 members (excludes halogenated alkanes) is 2. The van der Waals surface area contributed by atoms with Gasteiger partial charge in [0.15, 0.2) is 0 Å². The minimum absolute atomic E-state index is 0.0909. The van der Waals surface area contributed by atoms with Gasteiger partial charge in [0.05, 0.1) is 6.61 Å². The molecule has 0 aliphatic carbocycles. The highest BCUT2D eigenvalue weighted by atomic mass is 16.6. The van der Waals surface area contributed by atoms with Gasteiger partial charge in [0.25, 0.3) is 0 Å². The zero-order chi connectivity index (χ0) is 18.9. The molecular formula is C20H39NO4. The number of nitrogens with one attached hydrogen (secondary N) is 1. The third-order valence-electron chi connectivity index (χ3n) is 4.61. The second-order valence-electron chi connectivity index (χ2n) is 6.81. The van der Waals surface area contributed by atoms with Crippen LogP contribution in [0.3, 0.4) is 0 Å². The van der Waals surface area contributed by atoms with E-state index < -0.39 is 5.97 Å². The van der Waals surface area contributed by atoms with Gasteiger partial charge in [-0.2, -0.15) is 0 Å². The number of esters is 1. The van der Waals surface area contributed by atoms with Crippen LogP contribution in [0.5, 0.6) is 0 Å². The van der Waals surface area contributed by atoms with Crippen molar-refractivity contribution in [3.05, 3.63) is 0 Å². The zero-order valence-corrected chi connectivity index (χ0v) is 16.8. The van der Waals surface area contributed by atoms with Gasteiger partial charge in [0.1, 0.15) is 13.2 Å². The Labute approximate surface area is 154 Å². The molecule has 1 N–H and O–H groups in total. The Balaban J connectivity index is 3.79. The van der Waals surface area contributed by atoms with Gasteiger partial charge < -0.3 is 14.8 Å². The van der Waals surface area contributed by atoms with E-state index in [1.165, 1.54) is 12.8 Å². The van der Waals surface area contributed by atoms with Crippen LogP contribution in [0.25, 0.3) is 0 Å². The summed E-state index contributed by atoms with van der Waals surface area (Å²) in [6.07, 6.45) is 8.96. The van der Waals surface area contributed by atoms with Crippen LogP contribution in [0.15, 0.2) is 0 Å². The van der Waals surface area contributed by atoms with Crippen molar-refractivity contribution in [2.45, 2.75) is 79.1 Å². The number of carbonyl (C=O) groups excluding carboxylic acids is 2. The lowest BCUT2D eigenvalue weighted by Crippen LogP contribution is -2.33. The Morgan fingerprint density at radius 3 is 2.04 bits per heavy atom. The summed E-state index contributed by atoms with van der Waals surface area (Å²) in [6.45, 7) is 9.45. The van der Waals surface area contributed by atoms with Gasteiger partial charge in [-0.25, -0.2) is 4.79 Å². The number of hydrogen-bond donors (Lipinski definition) is 1. The quantitative estimate of drug-likeness (QED) is 0.423. The summed E-state index contributed by atoms with van der Waals surface area (Å²) in [5.41, 5.74) is 0. The van der Waals surface area contributed by atoms with E-state index in [9.17, 15) is 9.59 Å². The third-order valence-corrected chi connectivity index (χ3v) is 4.61. The highest BCUT2D eigenvalue weighted by molar-refractivity contribution is 5.77. The molecule has 5 nitrogen and oxygen atoms in total. The van der Waals surface area contributed by atoms with Crippen LogP contribution in [-0.4, -0.2) is 38.2 Å². The van der Waals surface area contributed by atoms with Crippen LogP contribution in [0, 0.1) is 11.8 Å². The van der Waals surface area contributed by atoms with Gasteiger partial charge in [-0.3, -0.25) is 4.79 Å². The minimum atomic E-state index is -0.392. The highest BCUT2D eigenvalue weighted by Gasteiger charge is 2.12. The fraction of sp³-hybridized carbons (Fsp3) is 0.900. The first-order chi connectivity index (χ1) is 12.1. The van der Waals surface area contributed by atoms with Crippen molar-refractivity contribution in [3.8, 4) is 0 Å². The molecule has 0 aromatic heterocycles. The number of ether oxygens (including phenoxy) is 2. The SMILES string of the molecule is CCCCC(CC)CNC(=O)COCC(=O)OCC(CC)CCCC. The van der Waals surface area contributed by atoms with Crippen molar-refractivity contribution in [1.82, 2.24) is 5.32 Å². The molecule has 5 heteroatoms. The molecule has 0 spiro atoms. The molecule has 0 rings (SSSR count). The van der Waals surface area contributed by atoms with E-state index in [0.29, 0.717) is 25.0 Å². The molecule has 0 saturated carbocycles. The number of carbonyl (C=O) groups is 2. The van der Waals surface area contributed by atoms with Crippen LogP contribution < -0.4 is 5.32 Å². The fourth-order valence-electron chi connectivity index (χ4n) is 2.63. The maximum absolute atomic E-state index is 11.8. The lowest BCUT2D eigenvalue weighted by atomic mass is 9.99. The van der Waals surface area contributed by atoms with Crippen molar-refractivity contribution in [2.75, 3.05) is 26.4 Å². The first kappa shape index (κ1) is 23.9. The van der Waals surface area contributed by atoms with E-state index in [4.69, 9.17) is 9.47 Å². The molecule has 1 amide bonds. The largest absolute Gasteiger partial charge is 0.464 e. The van der Waals surface area contributed by atoms with Crippen molar-refractivity contribution in [2.24, 2.45) is 11.8 Å². The highest BCUT2D eigenvalue weighted by Crippen LogP contribution is 2.13. The second kappa shape index (κ2) is 16.4. The summed E-state index contributed by atoms with van der Waals surface area (Å²) >= 11 is 0. The van der Waals surface area contributed by atoms with Crippen molar-refractivity contribution in [1.29, 1.82) is 0 Å². The Morgan fingerprint density at radius 2 is 1.48 bits per heavy atom. The first-order valence-electron chi connectivity index (χ1n) is 10.1. The molecular weight excluding hydrogens is 318 g/mol. The van der Waals surface area contributed by atoms with E-state index in [-0.39, 0.29) is 19.1 Å². The number of rotatable bonds is 16. The van der Waals surface area contributed by atoms with E-state index in [1.54, 1.807) is 0 Å². The summed E-state index contributed by atoms with van der Waals surface area (Å²) in [5.74, 6) is 0.374. The molecule has 25 heavy (non-hydrogen) atoms. The first-order valence-corrected chi connectivity index (χ1v) is 10.1. The Morgan fingerprint density at radius 1 is 0.880 bits per heavy atom. The normalized spacial score (nSPS) is 13.3. The van der Waals surface area contributed by atoms with Crippen LogP contribution in [0.2, 0.25) is 0 Å². The fourth-order valence-corrected chi connectivity index (χ4v) is 2.63. The van der Waals surface area contributed by atoms with Crippen molar-refractivity contribution < 1.29 is 19.1 Å². The van der Waals surface area contributed by atoms with Gasteiger partial charge in [-0.15, -0.1) is 0 Å². The van der Waals surface area contributed by atoms with E-state index in [0.717, 1.165) is 38.5 Å². The number of hydrogen-bond acceptors (Lipinski definition) is 4. The second-order valence-corrected chi connectivity index (χ2v) is 6.81. The van der Waals surface area contributed by atoms with Crippen LogP contribution in [0.1, 0.15) is 79.1 Å². The smallest absolute Gasteiger partial charge is 0.332 e. The van der Waals surface area contributed by atoms with E-state index in [1.807, 2.05) is 0 Å². The monoisotopic (exact) mass is 357 g/mol. The average molecular weight is 358 g/mol. The van der Waals surface area contributed by atoms with Gasteiger partial charge >= 0.3 is 5.97 Å². The van der Waals surface area contributed by atoms with Gasteiger partial charge in [-0.05, 0) is 24.7 Å². The van der Waals surface area contributed by atoms with Gasteiger partial charge in [-0.1, -0.05) is 66.2 Å². The molecule has 0 aromatic rings. The summed E-state index contributed by atoms with van der Waals surface area (Å²) in [4.78, 5) is 23.4. The molecule has 0 aromatic carbocycles. The molecule has 0 saturated heterocycles. The standard InChI is InChI=1S/C20H39NO4/c1-5-9-11-17(7-3)13-21-19(22)15-24-16-20(23)25-14-18(8-4)12-10-6-2/h17-18H,5-16H2,1-4H3,(H,21,22). The molecule has 148 valence electrons. The number of amides is 1. The molecule has 2 atom stereocenters. The third kappa shape index (κ3) is 13.8. The van der Waals surface area contributed by atoms with Gasteiger partial charge in [0, 0.05) is 6.54 Å². The van der Waals surface area contributed by atoms with Crippen LogP contribution >= 0.6 is 0 Å². The van der Waals surface area contributed by atoms with Crippen LogP contribution in [-0.2, 0) is 19.1 Å². The lowest BCUT2D eigenvalue weighted by Gasteiger charge is -2.16. The topological polar surface area (TPSA) is 64.6 Å². The predicted octanol–water partition coefficient (Wildman–Crippen LogP) is 4.10. The van der Waals surface area contributed by atoms with E-state index in [2.05, 4.69) is 33.0 Å². The lowest BCUT2D eigenvalue weighted by molar-refractivity contribution is -0.151. The Hall–Kier alpha value is -1.10. The van der Waals surface area contributed by atoms with Crippen molar-refractivity contribution in [3.63, 3.8) is 0 Å². The Kier molecular flexibility index (Phi) is 15.7. The maximum Gasteiger partial charge on any atom is 0.332 e. The van der Waals surface area contributed by atoms with Crippen LogP contribution in [0.4, 0.5) is 0 Å². The molecule has 0 fully saturated rings. The maximum atomic E-state index is 11.8. The summed E-state index contributed by atoms with van der Waals surface area (Å²) in [6, 6.07) is 0. The summed E-state index contributed by atoms with van der Waals surface area (Å²) in [5, 5.41) is 2.88. The molecule has 0 bridgehead atoms. The Bertz CT molecular complexity index is 315. The molecule has 0 aliphatic rings. The predicted molar refractivity (Wildman–Crippen MR) is 101 cm³/mol. The van der Waals surface area contributed by atoms with E-state index >= 15 is 0 Å². The summed E-state index contributed by atoms with van der Waals surface area (Å²) in [7, 11) is 0. The minimum Gasteiger partial charge on any atom is -0.464 e. The molecule has 0 aliphatic heterocycles. The van der Waals surface area contributed by atoms with Gasteiger partial charge in [0.2, 0.25) is 5.91 Å². The summed E-state index contributed by atoms with van der Waals surface area (Å²) < 4.78 is 10.4. The molecule has 2 unspecified atom stereocenters. The molecule has 0 heterocycles. The molecule has 0 radical (unpaired) electrons. The van der Waals surface area contributed by atoms with Crippen molar-refractivity contribution >= 4 is 11.9 Å². The average Bonchev–Trinajstić information content (AvgIpc) is 2.62.